The zero-order valence-electron chi connectivity index (χ0n) is 12.1. The molecule has 0 aromatic heterocycles. The molecule has 0 unspecified atom stereocenters. The number of ether oxygens (including phenoxy) is 1. The lowest BCUT2D eigenvalue weighted by Gasteiger charge is -2.17. The van der Waals surface area contributed by atoms with E-state index in [1.807, 2.05) is 0 Å². The first kappa shape index (κ1) is 14.9. The number of carbonyl (C=O) groups excluding carboxylic acids is 2. The van der Waals surface area contributed by atoms with Crippen molar-refractivity contribution in [3.8, 4) is 5.75 Å². The molecular formula is C17H16ClNO3. The lowest BCUT2D eigenvalue weighted by atomic mass is 9.93. The molecular weight excluding hydrogens is 302 g/mol. The number of carbonyl (C=O) groups is 2. The second-order valence-corrected chi connectivity index (χ2v) is 5.73. The van der Waals surface area contributed by atoms with Crippen molar-refractivity contribution in [2.24, 2.45) is 0 Å². The first-order chi connectivity index (χ1) is 10.6. The quantitative estimate of drug-likeness (QED) is 0.629. The van der Waals surface area contributed by atoms with Crippen LogP contribution < -0.4 is 9.64 Å². The number of rotatable bonds is 4. The molecule has 2 aliphatic rings. The number of anilines is 1. The van der Waals surface area contributed by atoms with Crippen LogP contribution in [-0.2, 0) is 9.59 Å². The molecule has 0 radical (unpaired) electrons. The molecule has 0 spiro atoms. The highest BCUT2D eigenvalue weighted by molar-refractivity contribution is 6.34. The molecule has 0 atom stereocenters. The molecule has 0 fully saturated rings. The first-order valence-electron chi connectivity index (χ1n) is 7.27. The van der Waals surface area contributed by atoms with Crippen molar-refractivity contribution in [2.45, 2.75) is 25.7 Å². The molecule has 114 valence electrons. The zero-order chi connectivity index (χ0) is 15.7. The number of hydrogen-bond acceptors (Lipinski definition) is 3. The molecule has 0 bridgehead atoms. The van der Waals surface area contributed by atoms with E-state index in [0.717, 1.165) is 12.8 Å². The number of amides is 2. The van der Waals surface area contributed by atoms with E-state index in [-0.39, 0.29) is 11.8 Å². The van der Waals surface area contributed by atoms with Gasteiger partial charge in [0.2, 0.25) is 0 Å². The maximum Gasteiger partial charge on any atom is 0.261 e. The Morgan fingerprint density at radius 1 is 1.18 bits per heavy atom. The van der Waals surface area contributed by atoms with Gasteiger partial charge in [0.1, 0.15) is 12.4 Å². The molecule has 3 rings (SSSR count). The standard InChI is InChI=1S/C17H16ClNO3/c1-2-9-22-15-10-11(7-8-14(15)18)19-16(20)12-5-3-4-6-13(12)17(19)21/h2,7-8,10H,1,3-6,9H2. The topological polar surface area (TPSA) is 46.6 Å². The summed E-state index contributed by atoms with van der Waals surface area (Å²) in [6.45, 7) is 3.89. The Labute approximate surface area is 134 Å². The summed E-state index contributed by atoms with van der Waals surface area (Å²) in [4.78, 5) is 26.3. The van der Waals surface area contributed by atoms with Gasteiger partial charge in [-0.1, -0.05) is 24.3 Å². The van der Waals surface area contributed by atoms with E-state index in [4.69, 9.17) is 16.3 Å². The molecule has 1 aliphatic heterocycles. The molecule has 1 aromatic carbocycles. The summed E-state index contributed by atoms with van der Waals surface area (Å²) < 4.78 is 5.46. The van der Waals surface area contributed by atoms with Crippen LogP contribution in [0.2, 0.25) is 5.02 Å². The number of benzene rings is 1. The Balaban J connectivity index is 1.93. The van der Waals surface area contributed by atoms with Crippen molar-refractivity contribution in [3.63, 3.8) is 0 Å². The van der Waals surface area contributed by atoms with Crippen molar-refractivity contribution in [1.82, 2.24) is 0 Å². The van der Waals surface area contributed by atoms with Crippen molar-refractivity contribution in [3.05, 3.63) is 47.0 Å². The van der Waals surface area contributed by atoms with E-state index in [9.17, 15) is 9.59 Å². The van der Waals surface area contributed by atoms with Crippen LogP contribution in [-0.4, -0.2) is 18.4 Å². The average Bonchev–Trinajstić information content (AvgIpc) is 2.79. The van der Waals surface area contributed by atoms with Gasteiger partial charge in [-0.05, 0) is 37.8 Å². The van der Waals surface area contributed by atoms with E-state index in [1.54, 1.807) is 24.3 Å². The molecule has 1 heterocycles. The van der Waals surface area contributed by atoms with Crippen LogP contribution in [0.15, 0.2) is 42.0 Å². The lowest BCUT2D eigenvalue weighted by Crippen LogP contribution is -2.31. The summed E-state index contributed by atoms with van der Waals surface area (Å²) in [6.07, 6.45) is 4.89. The highest BCUT2D eigenvalue weighted by Gasteiger charge is 2.39. The van der Waals surface area contributed by atoms with E-state index in [0.29, 0.717) is 47.1 Å². The SMILES string of the molecule is C=CCOc1cc(N2C(=O)C3=C(CCCC3)C2=O)ccc1Cl. The van der Waals surface area contributed by atoms with E-state index < -0.39 is 0 Å². The van der Waals surface area contributed by atoms with Crippen molar-refractivity contribution in [1.29, 1.82) is 0 Å². The molecule has 4 nitrogen and oxygen atoms in total. The van der Waals surface area contributed by atoms with Gasteiger partial charge in [0.25, 0.3) is 11.8 Å². The van der Waals surface area contributed by atoms with Crippen molar-refractivity contribution in [2.75, 3.05) is 11.5 Å². The van der Waals surface area contributed by atoms with Gasteiger partial charge in [0, 0.05) is 17.2 Å². The lowest BCUT2D eigenvalue weighted by molar-refractivity contribution is -0.120. The molecule has 0 saturated heterocycles. The van der Waals surface area contributed by atoms with Crippen LogP contribution in [0.1, 0.15) is 25.7 Å². The largest absolute Gasteiger partial charge is 0.488 e. The van der Waals surface area contributed by atoms with Crippen LogP contribution in [0.5, 0.6) is 5.75 Å². The summed E-state index contributed by atoms with van der Waals surface area (Å²) >= 11 is 6.08. The molecule has 1 aliphatic carbocycles. The van der Waals surface area contributed by atoms with Gasteiger partial charge >= 0.3 is 0 Å². The van der Waals surface area contributed by atoms with Crippen LogP contribution in [0.25, 0.3) is 0 Å². The molecule has 5 heteroatoms. The highest BCUT2D eigenvalue weighted by Crippen LogP contribution is 2.37. The second-order valence-electron chi connectivity index (χ2n) is 5.32. The van der Waals surface area contributed by atoms with Gasteiger partial charge in [-0.3, -0.25) is 9.59 Å². The predicted octanol–water partition coefficient (Wildman–Crippen LogP) is 3.65. The van der Waals surface area contributed by atoms with E-state index >= 15 is 0 Å². The van der Waals surface area contributed by atoms with Crippen LogP contribution >= 0.6 is 11.6 Å². The van der Waals surface area contributed by atoms with E-state index in [1.165, 1.54) is 4.90 Å². The van der Waals surface area contributed by atoms with Gasteiger partial charge in [-0.2, -0.15) is 0 Å². The third-order valence-corrected chi connectivity index (χ3v) is 4.23. The maximum absolute atomic E-state index is 12.5. The highest BCUT2D eigenvalue weighted by atomic mass is 35.5. The fourth-order valence-electron chi connectivity index (χ4n) is 2.86. The van der Waals surface area contributed by atoms with Gasteiger partial charge in [0.05, 0.1) is 10.7 Å². The molecule has 0 N–H and O–H groups in total. The predicted molar refractivity (Wildman–Crippen MR) is 85.1 cm³/mol. The summed E-state index contributed by atoms with van der Waals surface area (Å²) in [6, 6.07) is 4.92. The Hall–Kier alpha value is -2.07. The third kappa shape index (κ3) is 2.44. The smallest absolute Gasteiger partial charge is 0.261 e. The van der Waals surface area contributed by atoms with Crippen LogP contribution in [0.4, 0.5) is 5.69 Å². The zero-order valence-corrected chi connectivity index (χ0v) is 12.9. The van der Waals surface area contributed by atoms with Crippen LogP contribution in [0, 0.1) is 0 Å². The summed E-state index contributed by atoms with van der Waals surface area (Å²) in [7, 11) is 0. The maximum atomic E-state index is 12.5. The minimum Gasteiger partial charge on any atom is -0.488 e. The number of imide groups is 1. The third-order valence-electron chi connectivity index (χ3n) is 3.92. The van der Waals surface area contributed by atoms with Crippen molar-refractivity contribution < 1.29 is 14.3 Å². The first-order valence-corrected chi connectivity index (χ1v) is 7.65. The van der Waals surface area contributed by atoms with E-state index in [2.05, 4.69) is 6.58 Å². The Kier molecular flexibility index (Phi) is 4.03. The Morgan fingerprint density at radius 2 is 1.82 bits per heavy atom. The number of halogens is 1. The minimum atomic E-state index is -0.211. The molecule has 2 amide bonds. The Bertz CT molecular complexity index is 665. The molecule has 0 saturated carbocycles. The number of nitrogens with zero attached hydrogens (tertiary/aromatic N) is 1. The monoisotopic (exact) mass is 317 g/mol. The summed E-state index contributed by atoms with van der Waals surface area (Å²) in [5, 5.41) is 0.433. The normalized spacial score (nSPS) is 17.8. The second kappa shape index (κ2) is 5.97. The summed E-state index contributed by atoms with van der Waals surface area (Å²) in [5.41, 5.74) is 1.83. The van der Waals surface area contributed by atoms with Crippen LogP contribution in [0.3, 0.4) is 0 Å². The molecule has 22 heavy (non-hydrogen) atoms. The fourth-order valence-corrected chi connectivity index (χ4v) is 3.04. The fraction of sp³-hybridized carbons (Fsp3) is 0.294. The van der Waals surface area contributed by atoms with Gasteiger partial charge < -0.3 is 4.74 Å². The number of hydrogen-bond donors (Lipinski definition) is 0. The molecule has 1 aromatic rings. The van der Waals surface area contributed by atoms with Gasteiger partial charge in [-0.25, -0.2) is 4.90 Å². The average molecular weight is 318 g/mol. The van der Waals surface area contributed by atoms with Gasteiger partial charge in [-0.15, -0.1) is 0 Å². The Morgan fingerprint density at radius 3 is 2.41 bits per heavy atom. The minimum absolute atomic E-state index is 0.211. The van der Waals surface area contributed by atoms with Crippen molar-refractivity contribution >= 4 is 29.1 Å². The summed E-state index contributed by atoms with van der Waals surface area (Å²) in [5.74, 6) is 0.0120. The van der Waals surface area contributed by atoms with Gasteiger partial charge in [0.15, 0.2) is 0 Å².